The minimum Gasteiger partial charge on any atom is -0.464 e. The normalized spacial score (nSPS) is 22.9. The minimum absolute atomic E-state index is 0.0357. The number of alkyl halides is 3. The lowest BCUT2D eigenvalue weighted by atomic mass is 9.91. The average Bonchev–Trinajstić information content (AvgIpc) is 2.69. The molecule has 2 rings (SSSR count). The van der Waals surface area contributed by atoms with E-state index in [4.69, 9.17) is 4.74 Å². The maximum Gasteiger partial charge on any atom is 0.392 e. The predicted octanol–water partition coefficient (Wildman–Crippen LogP) is 0.800. The molecule has 1 aliphatic rings. The van der Waals surface area contributed by atoms with Gasteiger partial charge in [0.2, 0.25) is 0 Å². The molecule has 0 fully saturated rings. The predicted molar refractivity (Wildman–Crippen MR) is 56.4 cm³/mol. The summed E-state index contributed by atoms with van der Waals surface area (Å²) in [6.45, 7) is 1.58. The van der Waals surface area contributed by atoms with Crippen LogP contribution in [0.25, 0.3) is 0 Å². The molecule has 0 saturated carbocycles. The topological polar surface area (TPSA) is 77.0 Å². The van der Waals surface area contributed by atoms with Gasteiger partial charge in [-0.1, -0.05) is 0 Å². The molecule has 2 atom stereocenters. The number of ether oxygens (including phenoxy) is 1. The van der Waals surface area contributed by atoms with Crippen LogP contribution in [0.3, 0.4) is 0 Å². The Morgan fingerprint density at radius 1 is 1.58 bits per heavy atom. The van der Waals surface area contributed by atoms with Crippen molar-refractivity contribution < 1.29 is 22.7 Å². The van der Waals surface area contributed by atoms with Crippen LogP contribution in [0.5, 0.6) is 0 Å². The third-order valence-corrected chi connectivity index (χ3v) is 3.05. The SMILES string of the molecule is CCOC(=O)[C@@H]1C[C@@H](C(F)(F)F)Cc2n[nH]c(=O)n21. The van der Waals surface area contributed by atoms with Crippen LogP contribution in [0, 0.1) is 5.92 Å². The van der Waals surface area contributed by atoms with Crippen molar-refractivity contribution in [1.29, 1.82) is 0 Å². The number of carbonyl (C=O) groups excluding carboxylic acids is 1. The molecule has 1 aromatic rings. The molecule has 0 saturated heterocycles. The highest BCUT2D eigenvalue weighted by molar-refractivity contribution is 5.74. The molecule has 6 nitrogen and oxygen atoms in total. The number of aromatic amines is 1. The average molecular weight is 279 g/mol. The number of carbonyl (C=O) groups is 1. The maximum absolute atomic E-state index is 12.8. The minimum atomic E-state index is -4.44. The standard InChI is InChI=1S/C10H12F3N3O3/c1-2-19-8(17)6-3-5(10(11,12)13)4-7-14-15-9(18)16(6)7/h5-6H,2-4H2,1H3,(H,15,18)/t5-,6+/m1/s1. The Labute approximate surface area is 105 Å². The van der Waals surface area contributed by atoms with E-state index in [1.807, 2.05) is 0 Å². The first-order chi connectivity index (χ1) is 8.84. The summed E-state index contributed by atoms with van der Waals surface area (Å²) < 4.78 is 44.0. The number of H-pyrrole nitrogens is 1. The van der Waals surface area contributed by atoms with Crippen LogP contribution in [0.2, 0.25) is 0 Å². The highest BCUT2D eigenvalue weighted by Crippen LogP contribution is 2.38. The third-order valence-electron chi connectivity index (χ3n) is 3.05. The first kappa shape index (κ1) is 13.6. The molecule has 0 bridgehead atoms. The molecule has 9 heteroatoms. The van der Waals surface area contributed by atoms with E-state index in [2.05, 4.69) is 10.2 Å². The Morgan fingerprint density at radius 3 is 2.84 bits per heavy atom. The molecule has 0 unspecified atom stereocenters. The van der Waals surface area contributed by atoms with E-state index in [0.29, 0.717) is 0 Å². The lowest BCUT2D eigenvalue weighted by Gasteiger charge is -2.29. The Balaban J connectivity index is 2.38. The molecule has 106 valence electrons. The zero-order valence-corrected chi connectivity index (χ0v) is 10.0. The molecule has 0 aliphatic carbocycles. The second kappa shape index (κ2) is 4.71. The molecule has 1 N–H and O–H groups in total. The summed E-state index contributed by atoms with van der Waals surface area (Å²) >= 11 is 0. The van der Waals surface area contributed by atoms with Crippen molar-refractivity contribution in [2.45, 2.75) is 32.0 Å². The molecular formula is C10H12F3N3O3. The van der Waals surface area contributed by atoms with E-state index in [0.717, 1.165) is 4.57 Å². The molecule has 0 radical (unpaired) electrons. The van der Waals surface area contributed by atoms with Crippen molar-refractivity contribution in [3.05, 3.63) is 16.3 Å². The molecule has 19 heavy (non-hydrogen) atoms. The van der Waals surface area contributed by atoms with E-state index in [-0.39, 0.29) is 12.4 Å². The van der Waals surface area contributed by atoms with Gasteiger partial charge in [0, 0.05) is 6.42 Å². The van der Waals surface area contributed by atoms with Gasteiger partial charge in [-0.3, -0.25) is 4.57 Å². The van der Waals surface area contributed by atoms with Crippen molar-refractivity contribution in [2.24, 2.45) is 5.92 Å². The monoisotopic (exact) mass is 279 g/mol. The van der Waals surface area contributed by atoms with Gasteiger partial charge in [0.1, 0.15) is 11.9 Å². The van der Waals surface area contributed by atoms with Crippen molar-refractivity contribution >= 4 is 5.97 Å². The Morgan fingerprint density at radius 2 is 2.26 bits per heavy atom. The Bertz CT molecular complexity index is 534. The fourth-order valence-corrected chi connectivity index (χ4v) is 2.17. The molecular weight excluding hydrogens is 267 g/mol. The smallest absolute Gasteiger partial charge is 0.392 e. The van der Waals surface area contributed by atoms with Crippen LogP contribution in [0.15, 0.2) is 4.79 Å². The van der Waals surface area contributed by atoms with Crippen LogP contribution in [0.1, 0.15) is 25.2 Å². The van der Waals surface area contributed by atoms with Crippen LogP contribution >= 0.6 is 0 Å². The molecule has 1 aliphatic heterocycles. The zero-order chi connectivity index (χ0) is 14.2. The largest absolute Gasteiger partial charge is 0.464 e. The van der Waals surface area contributed by atoms with Crippen LogP contribution in [0.4, 0.5) is 13.2 Å². The lowest BCUT2D eigenvalue weighted by molar-refractivity contribution is -0.184. The second-order valence-electron chi connectivity index (χ2n) is 4.26. The van der Waals surface area contributed by atoms with E-state index in [1.54, 1.807) is 6.92 Å². The van der Waals surface area contributed by atoms with Gasteiger partial charge < -0.3 is 4.74 Å². The quantitative estimate of drug-likeness (QED) is 0.812. The number of hydrogen-bond donors (Lipinski definition) is 1. The number of hydrogen-bond acceptors (Lipinski definition) is 4. The van der Waals surface area contributed by atoms with Crippen molar-refractivity contribution in [2.75, 3.05) is 6.61 Å². The maximum atomic E-state index is 12.8. The summed E-state index contributed by atoms with van der Waals surface area (Å²) in [4.78, 5) is 23.2. The number of esters is 1. The summed E-state index contributed by atoms with van der Waals surface area (Å²) in [5.41, 5.74) is -0.700. The zero-order valence-electron chi connectivity index (χ0n) is 10.0. The summed E-state index contributed by atoms with van der Waals surface area (Å²) in [6.07, 6.45) is -5.36. The van der Waals surface area contributed by atoms with E-state index < -0.39 is 42.6 Å². The van der Waals surface area contributed by atoms with Crippen LogP contribution < -0.4 is 5.69 Å². The lowest BCUT2D eigenvalue weighted by Crippen LogP contribution is -2.40. The molecule has 1 aromatic heterocycles. The van der Waals surface area contributed by atoms with E-state index >= 15 is 0 Å². The Hall–Kier alpha value is -1.80. The molecule has 0 spiro atoms. The molecule has 0 amide bonds. The van der Waals surface area contributed by atoms with Gasteiger partial charge in [0.25, 0.3) is 0 Å². The Kier molecular flexibility index (Phi) is 3.38. The highest BCUT2D eigenvalue weighted by Gasteiger charge is 2.47. The fraction of sp³-hybridized carbons (Fsp3) is 0.700. The summed E-state index contributed by atoms with van der Waals surface area (Å²) in [7, 11) is 0. The number of halogens is 3. The van der Waals surface area contributed by atoms with Crippen LogP contribution in [-0.2, 0) is 16.0 Å². The summed E-state index contributed by atoms with van der Waals surface area (Å²) in [5.74, 6) is -2.62. The van der Waals surface area contributed by atoms with Crippen molar-refractivity contribution in [3.63, 3.8) is 0 Å². The number of nitrogens with zero attached hydrogens (tertiary/aromatic N) is 2. The number of nitrogens with one attached hydrogen (secondary N) is 1. The highest BCUT2D eigenvalue weighted by atomic mass is 19.4. The van der Waals surface area contributed by atoms with Gasteiger partial charge in [0.15, 0.2) is 0 Å². The van der Waals surface area contributed by atoms with Gasteiger partial charge in [-0.25, -0.2) is 14.7 Å². The van der Waals surface area contributed by atoms with Gasteiger partial charge >= 0.3 is 17.8 Å². The van der Waals surface area contributed by atoms with Crippen molar-refractivity contribution in [1.82, 2.24) is 14.8 Å². The van der Waals surface area contributed by atoms with Crippen LogP contribution in [-0.4, -0.2) is 33.5 Å². The molecule has 2 heterocycles. The van der Waals surface area contributed by atoms with Gasteiger partial charge in [-0.2, -0.15) is 18.3 Å². The summed E-state index contributed by atoms with van der Waals surface area (Å²) in [5, 5.41) is 5.59. The number of rotatable bonds is 2. The summed E-state index contributed by atoms with van der Waals surface area (Å²) in [6, 6.07) is -1.28. The van der Waals surface area contributed by atoms with Gasteiger partial charge in [-0.05, 0) is 13.3 Å². The molecule has 0 aromatic carbocycles. The number of fused-ring (bicyclic) bond motifs is 1. The third kappa shape index (κ3) is 2.49. The fourth-order valence-electron chi connectivity index (χ4n) is 2.17. The van der Waals surface area contributed by atoms with Gasteiger partial charge in [-0.15, -0.1) is 0 Å². The van der Waals surface area contributed by atoms with E-state index in [1.165, 1.54) is 0 Å². The van der Waals surface area contributed by atoms with Crippen molar-refractivity contribution in [3.8, 4) is 0 Å². The first-order valence-electron chi connectivity index (χ1n) is 5.73. The first-order valence-corrected chi connectivity index (χ1v) is 5.73. The van der Waals surface area contributed by atoms with E-state index in [9.17, 15) is 22.8 Å². The number of aromatic nitrogens is 3. The second-order valence-corrected chi connectivity index (χ2v) is 4.26. The van der Waals surface area contributed by atoms with Gasteiger partial charge in [0.05, 0.1) is 12.5 Å².